The molecule has 2 heterocycles. The van der Waals surface area contributed by atoms with Crippen molar-refractivity contribution >= 4 is 16.7 Å². The highest BCUT2D eigenvalue weighted by molar-refractivity contribution is 5.85. The molecule has 1 aromatic carbocycles. The van der Waals surface area contributed by atoms with Gasteiger partial charge < -0.3 is 10.3 Å². The zero-order valence-electron chi connectivity index (χ0n) is 12.3. The van der Waals surface area contributed by atoms with Gasteiger partial charge in [0.25, 0.3) is 0 Å². The van der Waals surface area contributed by atoms with Crippen LogP contribution < -0.4 is 5.73 Å². The number of anilines is 1. The van der Waals surface area contributed by atoms with Crippen molar-refractivity contribution in [3.63, 3.8) is 0 Å². The maximum Gasteiger partial charge on any atom is 0.127 e. The Morgan fingerprint density at radius 1 is 1.19 bits per heavy atom. The van der Waals surface area contributed by atoms with Gasteiger partial charge >= 0.3 is 0 Å². The summed E-state index contributed by atoms with van der Waals surface area (Å²) in [7, 11) is 0. The van der Waals surface area contributed by atoms with Crippen LogP contribution in [0.1, 0.15) is 24.0 Å². The van der Waals surface area contributed by atoms with Crippen molar-refractivity contribution in [3.05, 3.63) is 54.1 Å². The molecule has 0 bridgehead atoms. The SMILES string of the molecule is Cc1c(CCCCn2ccnc2)c(N)nc2ccccc12. The Kier molecular flexibility index (Phi) is 3.86. The summed E-state index contributed by atoms with van der Waals surface area (Å²) in [6.45, 7) is 3.14. The molecule has 4 heteroatoms. The normalized spacial score (nSPS) is 11.1. The molecule has 3 rings (SSSR count). The van der Waals surface area contributed by atoms with Crippen LogP contribution >= 0.6 is 0 Å². The smallest absolute Gasteiger partial charge is 0.127 e. The van der Waals surface area contributed by atoms with Crippen LogP contribution in [-0.4, -0.2) is 14.5 Å². The van der Waals surface area contributed by atoms with Gasteiger partial charge in [-0.2, -0.15) is 0 Å². The zero-order chi connectivity index (χ0) is 14.7. The van der Waals surface area contributed by atoms with Crippen molar-refractivity contribution in [1.82, 2.24) is 14.5 Å². The molecule has 0 aliphatic heterocycles. The third kappa shape index (κ3) is 2.89. The average Bonchev–Trinajstić information content (AvgIpc) is 2.99. The van der Waals surface area contributed by atoms with Crippen molar-refractivity contribution < 1.29 is 0 Å². The molecule has 0 spiro atoms. The molecule has 0 unspecified atom stereocenters. The molecule has 2 N–H and O–H groups in total. The Labute approximate surface area is 124 Å². The van der Waals surface area contributed by atoms with E-state index in [-0.39, 0.29) is 0 Å². The Balaban J connectivity index is 1.71. The van der Waals surface area contributed by atoms with E-state index in [1.54, 1.807) is 0 Å². The molecule has 21 heavy (non-hydrogen) atoms. The number of unbranched alkanes of at least 4 members (excludes halogenated alkanes) is 1. The van der Waals surface area contributed by atoms with E-state index in [1.165, 1.54) is 16.5 Å². The standard InChI is InChI=1S/C17H20N4/c1-13-14-6-2-3-8-16(14)20-17(18)15(13)7-4-5-10-21-11-9-19-12-21/h2-3,6,8-9,11-12H,4-5,7,10H2,1H3,(H2,18,20). The molecule has 0 saturated heterocycles. The maximum absolute atomic E-state index is 6.14. The first-order chi connectivity index (χ1) is 10.3. The largest absolute Gasteiger partial charge is 0.383 e. The fourth-order valence-corrected chi connectivity index (χ4v) is 2.77. The predicted molar refractivity (Wildman–Crippen MR) is 86.1 cm³/mol. The molecule has 0 aliphatic carbocycles. The van der Waals surface area contributed by atoms with E-state index in [4.69, 9.17) is 5.73 Å². The van der Waals surface area contributed by atoms with Gasteiger partial charge in [-0.25, -0.2) is 9.97 Å². The summed E-state index contributed by atoms with van der Waals surface area (Å²) < 4.78 is 2.11. The molecule has 0 fully saturated rings. The van der Waals surface area contributed by atoms with Gasteiger partial charge in [0.1, 0.15) is 5.82 Å². The fraction of sp³-hybridized carbons (Fsp3) is 0.294. The molecule has 0 saturated carbocycles. The van der Waals surface area contributed by atoms with E-state index in [2.05, 4.69) is 33.6 Å². The molecule has 3 aromatic rings. The second-order valence-electron chi connectivity index (χ2n) is 5.38. The summed E-state index contributed by atoms with van der Waals surface area (Å²) in [6, 6.07) is 8.18. The number of fused-ring (bicyclic) bond motifs is 1. The summed E-state index contributed by atoms with van der Waals surface area (Å²) in [4.78, 5) is 8.58. The molecule has 0 amide bonds. The first-order valence-corrected chi connectivity index (χ1v) is 7.35. The predicted octanol–water partition coefficient (Wildman–Crippen LogP) is 3.34. The van der Waals surface area contributed by atoms with Crippen LogP contribution in [0.25, 0.3) is 10.9 Å². The number of hydrogen-bond donors (Lipinski definition) is 1. The number of rotatable bonds is 5. The quantitative estimate of drug-likeness (QED) is 0.729. The summed E-state index contributed by atoms with van der Waals surface area (Å²) in [5.74, 6) is 0.675. The van der Waals surface area contributed by atoms with Crippen LogP contribution in [0.4, 0.5) is 5.82 Å². The number of benzene rings is 1. The van der Waals surface area contributed by atoms with E-state index in [1.807, 2.05) is 30.9 Å². The van der Waals surface area contributed by atoms with Gasteiger partial charge in [-0.15, -0.1) is 0 Å². The van der Waals surface area contributed by atoms with Crippen molar-refractivity contribution in [3.8, 4) is 0 Å². The average molecular weight is 280 g/mol. The number of nitrogens with zero attached hydrogens (tertiary/aromatic N) is 3. The van der Waals surface area contributed by atoms with Gasteiger partial charge in [0.05, 0.1) is 11.8 Å². The van der Waals surface area contributed by atoms with Crippen molar-refractivity contribution in [2.24, 2.45) is 0 Å². The molecule has 2 aromatic heterocycles. The highest BCUT2D eigenvalue weighted by Gasteiger charge is 2.09. The highest BCUT2D eigenvalue weighted by Crippen LogP contribution is 2.25. The number of hydrogen-bond acceptors (Lipinski definition) is 3. The lowest BCUT2D eigenvalue weighted by Crippen LogP contribution is -2.03. The second kappa shape index (κ2) is 5.95. The van der Waals surface area contributed by atoms with E-state index < -0.39 is 0 Å². The topological polar surface area (TPSA) is 56.7 Å². The van der Waals surface area contributed by atoms with Gasteiger partial charge in [0, 0.05) is 24.3 Å². The molecule has 0 aliphatic rings. The summed E-state index contributed by atoms with van der Waals surface area (Å²) in [6.07, 6.45) is 8.86. The first kappa shape index (κ1) is 13.6. The lowest BCUT2D eigenvalue weighted by molar-refractivity contribution is 0.608. The van der Waals surface area contributed by atoms with E-state index in [9.17, 15) is 0 Å². The number of nitrogen functional groups attached to an aromatic ring is 1. The number of para-hydroxylation sites is 1. The van der Waals surface area contributed by atoms with Gasteiger partial charge in [0.15, 0.2) is 0 Å². The zero-order valence-corrected chi connectivity index (χ0v) is 12.3. The van der Waals surface area contributed by atoms with E-state index >= 15 is 0 Å². The van der Waals surface area contributed by atoms with Crippen LogP contribution in [0.3, 0.4) is 0 Å². The molecule has 108 valence electrons. The lowest BCUT2D eigenvalue weighted by Gasteiger charge is -2.12. The molecule has 4 nitrogen and oxygen atoms in total. The van der Waals surface area contributed by atoms with E-state index in [0.29, 0.717) is 5.82 Å². The lowest BCUT2D eigenvalue weighted by atomic mass is 9.99. The molecule has 0 atom stereocenters. The minimum Gasteiger partial charge on any atom is -0.383 e. The Morgan fingerprint density at radius 2 is 2.05 bits per heavy atom. The number of aromatic nitrogens is 3. The summed E-state index contributed by atoms with van der Waals surface area (Å²) in [5.41, 5.74) is 9.58. The number of nitrogens with two attached hydrogens (primary N) is 1. The fourth-order valence-electron chi connectivity index (χ4n) is 2.77. The van der Waals surface area contributed by atoms with Gasteiger partial charge in [-0.3, -0.25) is 0 Å². The van der Waals surface area contributed by atoms with Crippen LogP contribution in [0, 0.1) is 6.92 Å². The van der Waals surface area contributed by atoms with Crippen molar-refractivity contribution in [2.45, 2.75) is 32.7 Å². The number of aryl methyl sites for hydroxylation is 2. The van der Waals surface area contributed by atoms with Crippen LogP contribution in [0.5, 0.6) is 0 Å². The number of imidazole rings is 1. The minimum atomic E-state index is 0.675. The highest BCUT2D eigenvalue weighted by atomic mass is 15.0. The molecular formula is C17H20N4. The second-order valence-corrected chi connectivity index (χ2v) is 5.38. The van der Waals surface area contributed by atoms with Gasteiger partial charge in [-0.05, 0) is 43.4 Å². The Hall–Kier alpha value is -2.36. The Bertz CT molecular complexity index is 732. The van der Waals surface area contributed by atoms with Crippen LogP contribution in [-0.2, 0) is 13.0 Å². The maximum atomic E-state index is 6.14. The van der Waals surface area contributed by atoms with Crippen LogP contribution in [0.15, 0.2) is 43.0 Å². The summed E-state index contributed by atoms with van der Waals surface area (Å²) in [5, 5.41) is 1.20. The third-order valence-electron chi connectivity index (χ3n) is 3.96. The Morgan fingerprint density at radius 3 is 2.86 bits per heavy atom. The minimum absolute atomic E-state index is 0.675. The summed E-state index contributed by atoms with van der Waals surface area (Å²) >= 11 is 0. The van der Waals surface area contributed by atoms with Gasteiger partial charge in [0.2, 0.25) is 0 Å². The van der Waals surface area contributed by atoms with Crippen molar-refractivity contribution in [1.29, 1.82) is 0 Å². The monoisotopic (exact) mass is 280 g/mol. The third-order valence-corrected chi connectivity index (χ3v) is 3.96. The first-order valence-electron chi connectivity index (χ1n) is 7.35. The molecular weight excluding hydrogens is 260 g/mol. The number of pyridine rings is 1. The van der Waals surface area contributed by atoms with E-state index in [0.717, 1.165) is 31.3 Å². The molecule has 0 radical (unpaired) electrons. The van der Waals surface area contributed by atoms with Crippen molar-refractivity contribution in [2.75, 3.05) is 5.73 Å². The van der Waals surface area contributed by atoms with Gasteiger partial charge in [-0.1, -0.05) is 18.2 Å². The van der Waals surface area contributed by atoms with Crippen LogP contribution in [0.2, 0.25) is 0 Å².